The van der Waals surface area contributed by atoms with Gasteiger partial charge in [-0.25, -0.2) is 5.01 Å². The van der Waals surface area contributed by atoms with Crippen molar-refractivity contribution in [3.63, 3.8) is 0 Å². The summed E-state index contributed by atoms with van der Waals surface area (Å²) >= 11 is 0. The third-order valence-corrected chi connectivity index (χ3v) is 4.66. The Morgan fingerprint density at radius 1 is 1.04 bits per heavy atom. The molecule has 0 amide bonds. The quantitative estimate of drug-likeness (QED) is 0.705. The molecule has 0 N–H and O–H groups in total. The number of para-hydroxylation sites is 1. The van der Waals surface area contributed by atoms with Crippen LogP contribution in [0.2, 0.25) is 0 Å². The highest BCUT2D eigenvalue weighted by Crippen LogP contribution is 2.47. The van der Waals surface area contributed by atoms with Gasteiger partial charge in [0.2, 0.25) is 6.23 Å². The van der Waals surface area contributed by atoms with Gasteiger partial charge in [-0.15, -0.1) is 0 Å². The number of pyridine rings is 1. The van der Waals surface area contributed by atoms with E-state index in [1.165, 1.54) is 0 Å². The van der Waals surface area contributed by atoms with E-state index in [0.29, 0.717) is 0 Å². The van der Waals surface area contributed by atoms with Gasteiger partial charge in [0.15, 0.2) is 0 Å². The van der Waals surface area contributed by atoms with Crippen LogP contribution in [0.3, 0.4) is 0 Å². The van der Waals surface area contributed by atoms with Gasteiger partial charge in [0.1, 0.15) is 28.7 Å². The molecule has 1 aromatic carbocycles. The standard InChI is InChI=1S/C20H17N3O2/c1-13-9-10-19(24-13)16-12-17-14-6-2-3-8-18(14)25-20(23(17)22-16)15-7-4-5-11-21-15/h2-11,17,20H,12H2,1H3. The lowest BCUT2D eigenvalue weighted by atomic mass is 9.98. The minimum absolute atomic E-state index is 0.123. The summed E-state index contributed by atoms with van der Waals surface area (Å²) in [5.74, 6) is 2.61. The highest BCUT2D eigenvalue weighted by atomic mass is 16.5. The molecule has 0 bridgehead atoms. The Balaban J connectivity index is 1.60. The predicted molar refractivity (Wildman–Crippen MR) is 93.2 cm³/mol. The highest BCUT2D eigenvalue weighted by Gasteiger charge is 2.41. The maximum atomic E-state index is 6.25. The zero-order chi connectivity index (χ0) is 16.8. The largest absolute Gasteiger partial charge is 0.463 e. The molecule has 4 heterocycles. The van der Waals surface area contributed by atoms with Gasteiger partial charge in [-0.3, -0.25) is 4.98 Å². The van der Waals surface area contributed by atoms with Crippen molar-refractivity contribution in [2.24, 2.45) is 5.10 Å². The van der Waals surface area contributed by atoms with E-state index < -0.39 is 0 Å². The maximum absolute atomic E-state index is 6.25. The van der Waals surface area contributed by atoms with Crippen LogP contribution in [0.1, 0.15) is 41.5 Å². The lowest BCUT2D eigenvalue weighted by molar-refractivity contribution is -0.0218. The number of fused-ring (bicyclic) bond motifs is 3. The van der Waals surface area contributed by atoms with Crippen LogP contribution in [0.15, 0.2) is 70.3 Å². The Kier molecular flexibility index (Phi) is 3.13. The summed E-state index contributed by atoms with van der Waals surface area (Å²) in [6, 6.07) is 18.1. The molecule has 2 atom stereocenters. The van der Waals surface area contributed by atoms with Crippen LogP contribution in [0.5, 0.6) is 5.75 Å². The third kappa shape index (κ3) is 2.31. The maximum Gasteiger partial charge on any atom is 0.230 e. The van der Waals surface area contributed by atoms with Crippen molar-refractivity contribution in [1.29, 1.82) is 0 Å². The molecule has 2 aliphatic rings. The second kappa shape index (κ2) is 5.48. The van der Waals surface area contributed by atoms with Crippen LogP contribution in [-0.4, -0.2) is 15.7 Å². The zero-order valence-electron chi connectivity index (χ0n) is 13.8. The average molecular weight is 331 g/mol. The Bertz CT molecular complexity index is 948. The fraction of sp³-hybridized carbons (Fsp3) is 0.200. The van der Waals surface area contributed by atoms with E-state index >= 15 is 0 Å². The van der Waals surface area contributed by atoms with Gasteiger partial charge < -0.3 is 9.15 Å². The fourth-order valence-electron chi connectivity index (χ4n) is 3.49. The van der Waals surface area contributed by atoms with Crippen molar-refractivity contribution in [1.82, 2.24) is 9.99 Å². The molecule has 2 aliphatic heterocycles. The summed E-state index contributed by atoms with van der Waals surface area (Å²) in [5, 5.41) is 6.85. The molecule has 5 nitrogen and oxygen atoms in total. The number of furan rings is 1. The number of aromatic nitrogens is 1. The fourth-order valence-corrected chi connectivity index (χ4v) is 3.49. The van der Waals surface area contributed by atoms with E-state index in [-0.39, 0.29) is 12.3 Å². The molecule has 0 aliphatic carbocycles. The first-order valence-corrected chi connectivity index (χ1v) is 8.39. The normalized spacial score (nSPS) is 21.3. The van der Waals surface area contributed by atoms with E-state index in [2.05, 4.69) is 11.1 Å². The number of ether oxygens (including phenoxy) is 1. The molecule has 0 saturated carbocycles. The molecule has 0 fully saturated rings. The minimum Gasteiger partial charge on any atom is -0.463 e. The molecule has 3 aromatic rings. The minimum atomic E-state index is -0.338. The Morgan fingerprint density at radius 3 is 2.72 bits per heavy atom. The van der Waals surface area contributed by atoms with Crippen LogP contribution in [0, 0.1) is 6.92 Å². The van der Waals surface area contributed by atoms with Crippen molar-refractivity contribution >= 4 is 5.71 Å². The van der Waals surface area contributed by atoms with E-state index in [4.69, 9.17) is 14.3 Å². The molecule has 0 saturated heterocycles. The molecule has 5 heteroatoms. The van der Waals surface area contributed by atoms with Gasteiger partial charge >= 0.3 is 0 Å². The molecular weight excluding hydrogens is 314 g/mol. The second-order valence-electron chi connectivity index (χ2n) is 6.32. The van der Waals surface area contributed by atoms with Gasteiger partial charge in [0.25, 0.3) is 0 Å². The second-order valence-corrected chi connectivity index (χ2v) is 6.32. The van der Waals surface area contributed by atoms with Crippen molar-refractivity contribution in [2.45, 2.75) is 25.6 Å². The van der Waals surface area contributed by atoms with E-state index in [1.54, 1.807) is 6.20 Å². The molecule has 0 radical (unpaired) electrons. The van der Waals surface area contributed by atoms with Crippen LogP contribution in [0.25, 0.3) is 0 Å². The van der Waals surface area contributed by atoms with Gasteiger partial charge in [0.05, 0.1) is 6.04 Å². The van der Waals surface area contributed by atoms with Crippen LogP contribution < -0.4 is 4.74 Å². The molecule has 25 heavy (non-hydrogen) atoms. The topological polar surface area (TPSA) is 50.9 Å². The summed E-state index contributed by atoms with van der Waals surface area (Å²) in [7, 11) is 0. The van der Waals surface area contributed by atoms with E-state index in [1.807, 2.05) is 60.5 Å². The Hall–Kier alpha value is -3.08. The summed E-state index contributed by atoms with van der Waals surface area (Å²) in [5.41, 5.74) is 2.94. The monoisotopic (exact) mass is 331 g/mol. The number of benzene rings is 1. The molecular formula is C20H17N3O2. The Morgan fingerprint density at radius 2 is 1.92 bits per heavy atom. The van der Waals surface area contributed by atoms with Crippen molar-refractivity contribution in [3.05, 3.63) is 83.6 Å². The van der Waals surface area contributed by atoms with Crippen molar-refractivity contribution in [2.75, 3.05) is 0 Å². The predicted octanol–water partition coefficient (Wildman–Crippen LogP) is 4.23. The number of rotatable bonds is 2. The molecule has 2 aromatic heterocycles. The van der Waals surface area contributed by atoms with E-state index in [9.17, 15) is 0 Å². The van der Waals surface area contributed by atoms with Gasteiger partial charge in [-0.05, 0) is 37.3 Å². The molecule has 2 unspecified atom stereocenters. The summed E-state index contributed by atoms with van der Waals surface area (Å²) < 4.78 is 12.0. The lowest BCUT2D eigenvalue weighted by Crippen LogP contribution is -2.34. The number of aryl methyl sites for hydroxylation is 1. The molecule has 0 spiro atoms. The lowest BCUT2D eigenvalue weighted by Gasteiger charge is -2.37. The van der Waals surface area contributed by atoms with Crippen LogP contribution >= 0.6 is 0 Å². The summed E-state index contributed by atoms with van der Waals surface area (Å²) in [4.78, 5) is 4.48. The number of hydrogen-bond acceptors (Lipinski definition) is 5. The van der Waals surface area contributed by atoms with Gasteiger partial charge in [-0.2, -0.15) is 5.10 Å². The SMILES string of the molecule is Cc1ccc(C2=NN3C(C2)c2ccccc2OC3c2ccccn2)o1. The van der Waals surface area contributed by atoms with Gasteiger partial charge in [0, 0.05) is 18.2 Å². The Labute approximate surface area is 145 Å². The number of hydrogen-bond donors (Lipinski definition) is 0. The van der Waals surface area contributed by atoms with Crippen molar-refractivity contribution in [3.8, 4) is 5.75 Å². The molecule has 5 rings (SSSR count). The highest BCUT2D eigenvalue weighted by molar-refractivity contribution is 5.99. The first-order valence-electron chi connectivity index (χ1n) is 8.39. The van der Waals surface area contributed by atoms with Crippen LogP contribution in [-0.2, 0) is 0 Å². The first kappa shape index (κ1) is 14.3. The van der Waals surface area contributed by atoms with Crippen LogP contribution in [0.4, 0.5) is 0 Å². The van der Waals surface area contributed by atoms with Gasteiger partial charge in [-0.1, -0.05) is 24.3 Å². The zero-order valence-corrected chi connectivity index (χ0v) is 13.8. The number of hydrazone groups is 1. The van der Waals surface area contributed by atoms with E-state index in [0.717, 1.165) is 40.7 Å². The number of nitrogens with zero attached hydrogens (tertiary/aromatic N) is 3. The average Bonchev–Trinajstić information content (AvgIpc) is 3.28. The summed E-state index contributed by atoms with van der Waals surface area (Å²) in [6.45, 7) is 1.95. The smallest absolute Gasteiger partial charge is 0.230 e. The van der Waals surface area contributed by atoms with Crippen molar-refractivity contribution < 1.29 is 9.15 Å². The molecule has 124 valence electrons. The first-order chi connectivity index (χ1) is 12.3. The third-order valence-electron chi connectivity index (χ3n) is 4.66. The summed E-state index contributed by atoms with van der Waals surface area (Å²) in [6.07, 6.45) is 2.23.